The molecule has 0 amide bonds. The third-order valence-corrected chi connectivity index (χ3v) is 3.94. The zero-order chi connectivity index (χ0) is 13.1. The van der Waals surface area contributed by atoms with Crippen LogP contribution in [0.2, 0.25) is 0 Å². The second-order valence-electron chi connectivity index (χ2n) is 5.33. The first kappa shape index (κ1) is 13.4. The van der Waals surface area contributed by atoms with Crippen molar-refractivity contribution in [3.8, 4) is 0 Å². The molecular formula is C14H26N4. The van der Waals surface area contributed by atoms with Crippen LogP contribution < -0.4 is 10.2 Å². The summed E-state index contributed by atoms with van der Waals surface area (Å²) in [6.45, 7) is 9.69. The van der Waals surface area contributed by atoms with Gasteiger partial charge >= 0.3 is 0 Å². The number of anilines is 1. The van der Waals surface area contributed by atoms with Gasteiger partial charge in [0.25, 0.3) is 0 Å². The fraction of sp³-hybridized carbons (Fsp3) is 0.786. The van der Waals surface area contributed by atoms with Gasteiger partial charge in [0.2, 0.25) is 0 Å². The van der Waals surface area contributed by atoms with Gasteiger partial charge in [0.15, 0.2) is 0 Å². The lowest BCUT2D eigenvalue weighted by molar-refractivity contribution is 0.472. The Morgan fingerprint density at radius 3 is 2.83 bits per heavy atom. The first-order chi connectivity index (χ1) is 8.65. The predicted molar refractivity (Wildman–Crippen MR) is 76.0 cm³/mol. The minimum Gasteiger partial charge on any atom is -0.354 e. The summed E-state index contributed by atoms with van der Waals surface area (Å²) in [5, 5.41) is 8.04. The first-order valence-electron chi connectivity index (χ1n) is 7.15. The second-order valence-corrected chi connectivity index (χ2v) is 5.33. The van der Waals surface area contributed by atoms with E-state index in [0.29, 0.717) is 6.04 Å². The zero-order valence-corrected chi connectivity index (χ0v) is 12.2. The number of hydrogen-bond donors (Lipinski definition) is 1. The van der Waals surface area contributed by atoms with E-state index < -0.39 is 0 Å². The lowest BCUT2D eigenvalue weighted by atomic mass is 10.0. The van der Waals surface area contributed by atoms with Gasteiger partial charge in [-0.05, 0) is 39.7 Å². The molecular weight excluding hydrogens is 224 g/mol. The summed E-state index contributed by atoms with van der Waals surface area (Å²) in [5.41, 5.74) is 2.53. The quantitative estimate of drug-likeness (QED) is 0.889. The first-order valence-corrected chi connectivity index (χ1v) is 7.15. The van der Waals surface area contributed by atoms with Crippen molar-refractivity contribution < 1.29 is 0 Å². The SMILES string of the molecule is CCNCc1c(C)nn(C)c1N1CCCCC1C. The topological polar surface area (TPSA) is 33.1 Å². The molecule has 1 atom stereocenters. The Balaban J connectivity index is 2.29. The Labute approximate surface area is 110 Å². The Kier molecular flexibility index (Phi) is 4.27. The van der Waals surface area contributed by atoms with Crippen LogP contribution in [0.4, 0.5) is 5.82 Å². The molecule has 0 saturated carbocycles. The normalized spacial score (nSPS) is 20.4. The summed E-state index contributed by atoms with van der Waals surface area (Å²) in [6.07, 6.45) is 3.96. The fourth-order valence-electron chi connectivity index (χ4n) is 2.92. The third kappa shape index (κ3) is 2.53. The van der Waals surface area contributed by atoms with Crippen molar-refractivity contribution in [1.82, 2.24) is 15.1 Å². The lowest BCUT2D eigenvalue weighted by Crippen LogP contribution is -2.39. The van der Waals surface area contributed by atoms with Gasteiger partial charge in [-0.15, -0.1) is 0 Å². The number of hydrogen-bond acceptors (Lipinski definition) is 3. The predicted octanol–water partition coefficient (Wildman–Crippen LogP) is 2.22. The number of aromatic nitrogens is 2. The van der Waals surface area contributed by atoms with Crippen LogP contribution in [-0.2, 0) is 13.6 Å². The molecule has 102 valence electrons. The average molecular weight is 250 g/mol. The number of piperidine rings is 1. The molecule has 0 spiro atoms. The van der Waals surface area contributed by atoms with Crippen LogP contribution in [-0.4, -0.2) is 28.9 Å². The molecule has 0 aliphatic carbocycles. The van der Waals surface area contributed by atoms with E-state index in [4.69, 9.17) is 0 Å². The number of rotatable bonds is 4. The molecule has 1 aliphatic heterocycles. The molecule has 1 unspecified atom stereocenters. The summed E-state index contributed by atoms with van der Waals surface area (Å²) in [7, 11) is 2.07. The van der Waals surface area contributed by atoms with Crippen molar-refractivity contribution in [2.45, 2.75) is 52.6 Å². The van der Waals surface area contributed by atoms with E-state index in [1.807, 2.05) is 0 Å². The number of nitrogens with one attached hydrogen (secondary N) is 1. The van der Waals surface area contributed by atoms with E-state index >= 15 is 0 Å². The van der Waals surface area contributed by atoms with Gasteiger partial charge in [0.05, 0.1) is 5.69 Å². The zero-order valence-electron chi connectivity index (χ0n) is 12.2. The average Bonchev–Trinajstić information content (AvgIpc) is 2.62. The molecule has 2 heterocycles. The van der Waals surface area contributed by atoms with Crippen LogP contribution in [0.25, 0.3) is 0 Å². The van der Waals surface area contributed by atoms with Crippen molar-refractivity contribution in [2.24, 2.45) is 7.05 Å². The monoisotopic (exact) mass is 250 g/mol. The van der Waals surface area contributed by atoms with E-state index in [2.05, 4.69) is 47.8 Å². The van der Waals surface area contributed by atoms with Crippen LogP contribution in [0.3, 0.4) is 0 Å². The Morgan fingerprint density at radius 2 is 2.17 bits per heavy atom. The summed E-state index contributed by atoms with van der Waals surface area (Å²) < 4.78 is 2.06. The Morgan fingerprint density at radius 1 is 1.39 bits per heavy atom. The summed E-state index contributed by atoms with van der Waals surface area (Å²) in [5.74, 6) is 1.32. The highest BCUT2D eigenvalue weighted by molar-refractivity contribution is 5.51. The van der Waals surface area contributed by atoms with Crippen LogP contribution in [0.1, 0.15) is 44.4 Å². The highest BCUT2D eigenvalue weighted by Gasteiger charge is 2.25. The van der Waals surface area contributed by atoms with Crippen molar-refractivity contribution in [1.29, 1.82) is 0 Å². The second kappa shape index (κ2) is 5.74. The van der Waals surface area contributed by atoms with Crippen LogP contribution in [0.5, 0.6) is 0 Å². The van der Waals surface area contributed by atoms with Crippen LogP contribution in [0, 0.1) is 6.92 Å². The maximum atomic E-state index is 4.61. The molecule has 1 aromatic heterocycles. The fourth-order valence-corrected chi connectivity index (χ4v) is 2.92. The summed E-state index contributed by atoms with van der Waals surface area (Å²) >= 11 is 0. The third-order valence-electron chi connectivity index (χ3n) is 3.94. The van der Waals surface area contributed by atoms with E-state index in [0.717, 1.165) is 18.8 Å². The highest BCUT2D eigenvalue weighted by atomic mass is 15.4. The molecule has 18 heavy (non-hydrogen) atoms. The van der Waals surface area contributed by atoms with Crippen molar-refractivity contribution in [3.05, 3.63) is 11.3 Å². The van der Waals surface area contributed by atoms with Gasteiger partial charge in [-0.2, -0.15) is 5.10 Å². The Hall–Kier alpha value is -1.03. The van der Waals surface area contributed by atoms with Gasteiger partial charge in [0.1, 0.15) is 5.82 Å². The smallest absolute Gasteiger partial charge is 0.131 e. The maximum absolute atomic E-state index is 4.61. The molecule has 2 rings (SSSR count). The molecule has 1 N–H and O–H groups in total. The van der Waals surface area contributed by atoms with Gasteiger partial charge in [-0.25, -0.2) is 0 Å². The molecule has 1 fully saturated rings. The van der Waals surface area contributed by atoms with Crippen molar-refractivity contribution in [3.63, 3.8) is 0 Å². The van der Waals surface area contributed by atoms with E-state index in [1.165, 1.54) is 37.2 Å². The molecule has 4 heteroatoms. The number of aryl methyl sites for hydroxylation is 2. The van der Waals surface area contributed by atoms with E-state index in [1.54, 1.807) is 0 Å². The van der Waals surface area contributed by atoms with Gasteiger partial charge in [0, 0.05) is 31.7 Å². The summed E-state index contributed by atoms with van der Waals surface area (Å²) in [6, 6.07) is 0.633. The van der Waals surface area contributed by atoms with E-state index in [9.17, 15) is 0 Å². The maximum Gasteiger partial charge on any atom is 0.131 e. The number of nitrogens with zero attached hydrogens (tertiary/aromatic N) is 3. The molecule has 1 aromatic rings. The standard InChI is InChI=1S/C14H26N4/c1-5-15-10-13-12(3)16-17(4)14(13)18-9-7-6-8-11(18)2/h11,15H,5-10H2,1-4H3. The van der Waals surface area contributed by atoms with Gasteiger partial charge in [-0.3, -0.25) is 4.68 Å². The van der Waals surface area contributed by atoms with Crippen molar-refractivity contribution in [2.75, 3.05) is 18.0 Å². The van der Waals surface area contributed by atoms with Crippen LogP contribution in [0.15, 0.2) is 0 Å². The molecule has 4 nitrogen and oxygen atoms in total. The molecule has 1 aliphatic rings. The lowest BCUT2D eigenvalue weighted by Gasteiger charge is -2.35. The van der Waals surface area contributed by atoms with Gasteiger partial charge < -0.3 is 10.2 Å². The molecule has 1 saturated heterocycles. The molecule has 0 bridgehead atoms. The van der Waals surface area contributed by atoms with Crippen molar-refractivity contribution >= 4 is 5.82 Å². The molecule has 0 radical (unpaired) electrons. The molecule has 0 aromatic carbocycles. The van der Waals surface area contributed by atoms with Gasteiger partial charge in [-0.1, -0.05) is 6.92 Å². The van der Waals surface area contributed by atoms with Crippen LogP contribution >= 0.6 is 0 Å². The highest BCUT2D eigenvalue weighted by Crippen LogP contribution is 2.29. The van der Waals surface area contributed by atoms with E-state index in [-0.39, 0.29) is 0 Å². The Bertz CT molecular complexity index is 397. The largest absolute Gasteiger partial charge is 0.354 e. The summed E-state index contributed by atoms with van der Waals surface area (Å²) in [4.78, 5) is 2.54. The minimum atomic E-state index is 0.633. The minimum absolute atomic E-state index is 0.633.